The Hall–Kier alpha value is -2.03. The van der Waals surface area contributed by atoms with Crippen molar-refractivity contribution in [3.05, 3.63) is 47.8 Å². The minimum atomic E-state index is -0.258. The molecule has 0 radical (unpaired) electrons. The molecule has 0 fully saturated rings. The molecule has 0 aromatic heterocycles. The molecule has 0 bridgehead atoms. The molecule has 0 spiro atoms. The summed E-state index contributed by atoms with van der Waals surface area (Å²) in [5.74, 6) is 0.629. The van der Waals surface area contributed by atoms with Gasteiger partial charge >= 0.3 is 0 Å². The van der Waals surface area contributed by atoms with Crippen LogP contribution in [0.5, 0.6) is 5.75 Å². The summed E-state index contributed by atoms with van der Waals surface area (Å²) in [6, 6.07) is 10.4. The zero-order valence-electron chi connectivity index (χ0n) is 11.0. The van der Waals surface area contributed by atoms with Crippen molar-refractivity contribution >= 4 is 5.69 Å². The van der Waals surface area contributed by atoms with E-state index in [9.17, 15) is 4.39 Å². The molecule has 2 aromatic carbocycles. The predicted molar refractivity (Wildman–Crippen MR) is 74.8 cm³/mol. The monoisotopic (exact) mass is 257 g/mol. The van der Waals surface area contributed by atoms with Crippen molar-refractivity contribution in [3.8, 4) is 16.9 Å². The summed E-state index contributed by atoms with van der Waals surface area (Å²) in [5.41, 5.74) is 8.75. The van der Waals surface area contributed by atoms with Crippen molar-refractivity contribution < 1.29 is 9.13 Å². The largest absolute Gasteiger partial charge is 0.492 e. The second-order valence-corrected chi connectivity index (χ2v) is 5.62. The Kier molecular flexibility index (Phi) is 2.52. The summed E-state index contributed by atoms with van der Waals surface area (Å²) in [7, 11) is 0. The Labute approximate surface area is 112 Å². The number of nitrogens with two attached hydrogens (primary N) is 1. The van der Waals surface area contributed by atoms with Gasteiger partial charge in [0.2, 0.25) is 0 Å². The van der Waals surface area contributed by atoms with E-state index in [1.165, 1.54) is 6.07 Å². The van der Waals surface area contributed by atoms with Gasteiger partial charge in [0.05, 0.1) is 6.61 Å². The van der Waals surface area contributed by atoms with Gasteiger partial charge in [-0.15, -0.1) is 0 Å². The highest BCUT2D eigenvalue weighted by molar-refractivity contribution is 5.70. The molecule has 3 rings (SSSR count). The Morgan fingerprint density at radius 1 is 1.16 bits per heavy atom. The highest BCUT2D eigenvalue weighted by Gasteiger charge is 2.31. The van der Waals surface area contributed by atoms with Crippen molar-refractivity contribution in [2.45, 2.75) is 19.3 Å². The van der Waals surface area contributed by atoms with Gasteiger partial charge in [0.1, 0.15) is 11.6 Å². The number of rotatable bonds is 1. The van der Waals surface area contributed by atoms with Gasteiger partial charge in [0.25, 0.3) is 0 Å². The Balaban J connectivity index is 2.15. The van der Waals surface area contributed by atoms with E-state index in [-0.39, 0.29) is 11.2 Å². The summed E-state index contributed by atoms with van der Waals surface area (Å²) < 4.78 is 19.6. The number of halogens is 1. The molecule has 2 nitrogen and oxygen atoms in total. The van der Waals surface area contributed by atoms with Crippen LogP contribution >= 0.6 is 0 Å². The molecule has 0 saturated carbocycles. The maximum atomic E-state index is 13.9. The summed E-state index contributed by atoms with van der Waals surface area (Å²) in [4.78, 5) is 0. The van der Waals surface area contributed by atoms with Gasteiger partial charge in [-0.2, -0.15) is 0 Å². The lowest BCUT2D eigenvalue weighted by Crippen LogP contribution is -2.18. The molecule has 1 heterocycles. The molecule has 2 aromatic rings. The van der Waals surface area contributed by atoms with Gasteiger partial charge in [-0.05, 0) is 35.9 Å². The standard InChI is InChI=1S/C16H16FNO/c1-16(2)9-19-15-6-3-10(7-13(15)16)12-8-11(18)4-5-14(12)17/h3-8H,9,18H2,1-2H3. The number of hydrogen-bond acceptors (Lipinski definition) is 2. The lowest BCUT2D eigenvalue weighted by Gasteiger charge is -2.16. The lowest BCUT2D eigenvalue weighted by atomic mass is 9.85. The van der Waals surface area contributed by atoms with E-state index in [0.717, 1.165) is 16.9 Å². The van der Waals surface area contributed by atoms with Gasteiger partial charge in [0, 0.05) is 22.2 Å². The van der Waals surface area contributed by atoms with E-state index in [1.54, 1.807) is 12.1 Å². The Bertz CT molecular complexity index is 649. The van der Waals surface area contributed by atoms with E-state index in [0.29, 0.717) is 17.9 Å². The molecule has 1 aliphatic heterocycles. The number of ether oxygens (including phenoxy) is 1. The second-order valence-electron chi connectivity index (χ2n) is 5.62. The molecular weight excluding hydrogens is 241 g/mol. The van der Waals surface area contributed by atoms with E-state index in [2.05, 4.69) is 13.8 Å². The predicted octanol–water partition coefficient (Wildman–Crippen LogP) is 3.74. The molecule has 1 aliphatic rings. The number of fused-ring (bicyclic) bond motifs is 1. The minimum absolute atomic E-state index is 0.0395. The zero-order chi connectivity index (χ0) is 13.6. The molecule has 0 unspecified atom stereocenters. The lowest BCUT2D eigenvalue weighted by molar-refractivity contribution is 0.291. The Morgan fingerprint density at radius 2 is 1.95 bits per heavy atom. The van der Waals surface area contributed by atoms with Gasteiger partial charge in [0.15, 0.2) is 0 Å². The van der Waals surface area contributed by atoms with Crippen LogP contribution in [0.2, 0.25) is 0 Å². The summed E-state index contributed by atoms with van der Waals surface area (Å²) in [5, 5.41) is 0. The van der Waals surface area contributed by atoms with Crippen LogP contribution in [0.1, 0.15) is 19.4 Å². The highest BCUT2D eigenvalue weighted by atomic mass is 19.1. The second kappa shape index (κ2) is 3.98. The first-order valence-corrected chi connectivity index (χ1v) is 6.30. The first-order valence-electron chi connectivity index (χ1n) is 6.30. The molecule has 0 aliphatic carbocycles. The Morgan fingerprint density at radius 3 is 2.74 bits per heavy atom. The number of anilines is 1. The molecule has 0 amide bonds. The molecule has 98 valence electrons. The number of nitrogen functional groups attached to an aromatic ring is 1. The zero-order valence-corrected chi connectivity index (χ0v) is 11.0. The van der Waals surface area contributed by atoms with E-state index in [1.807, 2.05) is 18.2 Å². The molecule has 0 saturated heterocycles. The van der Waals surface area contributed by atoms with Gasteiger partial charge < -0.3 is 10.5 Å². The molecule has 3 heteroatoms. The molecule has 19 heavy (non-hydrogen) atoms. The van der Waals surface area contributed by atoms with Gasteiger partial charge in [-0.25, -0.2) is 4.39 Å². The van der Waals surface area contributed by atoms with E-state index >= 15 is 0 Å². The topological polar surface area (TPSA) is 35.2 Å². The van der Waals surface area contributed by atoms with Crippen molar-refractivity contribution in [2.75, 3.05) is 12.3 Å². The van der Waals surface area contributed by atoms with E-state index < -0.39 is 0 Å². The van der Waals surface area contributed by atoms with Crippen LogP contribution < -0.4 is 10.5 Å². The first kappa shape index (κ1) is 12.0. The van der Waals surface area contributed by atoms with Crippen LogP contribution in [0.3, 0.4) is 0 Å². The molecule has 0 atom stereocenters. The van der Waals surface area contributed by atoms with Crippen molar-refractivity contribution in [1.29, 1.82) is 0 Å². The van der Waals surface area contributed by atoms with Crippen LogP contribution in [-0.4, -0.2) is 6.61 Å². The fourth-order valence-corrected chi connectivity index (χ4v) is 2.45. The third kappa shape index (κ3) is 1.95. The fraction of sp³-hybridized carbons (Fsp3) is 0.250. The van der Waals surface area contributed by atoms with Crippen LogP contribution in [0, 0.1) is 5.82 Å². The van der Waals surface area contributed by atoms with Crippen LogP contribution in [0.15, 0.2) is 36.4 Å². The minimum Gasteiger partial charge on any atom is -0.492 e. The average molecular weight is 257 g/mol. The normalized spacial score (nSPS) is 15.9. The van der Waals surface area contributed by atoms with Gasteiger partial charge in [-0.3, -0.25) is 0 Å². The van der Waals surface area contributed by atoms with Crippen molar-refractivity contribution in [1.82, 2.24) is 0 Å². The number of hydrogen-bond donors (Lipinski definition) is 1. The third-order valence-electron chi connectivity index (χ3n) is 3.60. The smallest absolute Gasteiger partial charge is 0.131 e. The number of benzene rings is 2. The summed E-state index contributed by atoms with van der Waals surface area (Å²) in [6.07, 6.45) is 0. The molecular formula is C16H16FNO. The maximum Gasteiger partial charge on any atom is 0.131 e. The summed E-state index contributed by atoms with van der Waals surface area (Å²) in [6.45, 7) is 4.90. The maximum absolute atomic E-state index is 13.9. The average Bonchev–Trinajstić information content (AvgIpc) is 2.68. The van der Waals surface area contributed by atoms with Crippen molar-refractivity contribution in [2.24, 2.45) is 0 Å². The first-order chi connectivity index (χ1) is 8.97. The van der Waals surface area contributed by atoms with Crippen LogP contribution in [-0.2, 0) is 5.41 Å². The quantitative estimate of drug-likeness (QED) is 0.790. The van der Waals surface area contributed by atoms with Crippen LogP contribution in [0.25, 0.3) is 11.1 Å². The third-order valence-corrected chi connectivity index (χ3v) is 3.60. The van der Waals surface area contributed by atoms with Crippen LogP contribution in [0.4, 0.5) is 10.1 Å². The van der Waals surface area contributed by atoms with Crippen molar-refractivity contribution in [3.63, 3.8) is 0 Å². The summed E-state index contributed by atoms with van der Waals surface area (Å²) >= 11 is 0. The molecule has 2 N–H and O–H groups in total. The van der Waals surface area contributed by atoms with Gasteiger partial charge in [-0.1, -0.05) is 19.9 Å². The fourth-order valence-electron chi connectivity index (χ4n) is 2.45. The highest BCUT2D eigenvalue weighted by Crippen LogP contribution is 2.41. The SMILES string of the molecule is CC1(C)COc2ccc(-c3cc(N)ccc3F)cc21. The van der Waals surface area contributed by atoms with E-state index in [4.69, 9.17) is 10.5 Å².